The first kappa shape index (κ1) is 9.86. The van der Waals surface area contributed by atoms with Gasteiger partial charge >= 0.3 is 0 Å². The Bertz CT molecular complexity index is 456. The van der Waals surface area contributed by atoms with Gasteiger partial charge in [-0.2, -0.15) is 0 Å². The zero-order valence-corrected chi connectivity index (χ0v) is 9.57. The van der Waals surface area contributed by atoms with Crippen LogP contribution < -0.4 is 0 Å². The molecule has 0 spiro atoms. The van der Waals surface area contributed by atoms with Crippen molar-refractivity contribution in [1.29, 1.82) is 0 Å². The second-order valence-electron chi connectivity index (χ2n) is 4.72. The highest BCUT2D eigenvalue weighted by atomic mass is 16.5. The molecule has 2 atom stereocenters. The van der Waals surface area contributed by atoms with Crippen molar-refractivity contribution < 1.29 is 4.74 Å². The van der Waals surface area contributed by atoms with Gasteiger partial charge < -0.3 is 4.74 Å². The molecular weight excluding hydrogens is 196 g/mol. The molecule has 0 N–H and O–H groups in total. The molecule has 1 aliphatic carbocycles. The molecule has 2 unspecified atom stereocenters. The largest absolute Gasteiger partial charge is 0.380 e. The lowest BCUT2D eigenvalue weighted by Gasteiger charge is -2.37. The molecule has 0 radical (unpaired) electrons. The molecule has 1 fully saturated rings. The van der Waals surface area contributed by atoms with Crippen LogP contribution in [0.2, 0.25) is 0 Å². The molecule has 1 saturated heterocycles. The van der Waals surface area contributed by atoms with E-state index in [9.17, 15) is 0 Å². The van der Waals surface area contributed by atoms with Crippen LogP contribution in [0, 0.1) is 11.8 Å². The van der Waals surface area contributed by atoms with E-state index in [0.29, 0.717) is 11.8 Å². The summed E-state index contributed by atoms with van der Waals surface area (Å²) >= 11 is 0. The smallest absolute Gasteiger partial charge is 0.0542 e. The Balaban J connectivity index is 2.07. The first-order valence-electron chi connectivity index (χ1n) is 5.82. The van der Waals surface area contributed by atoms with Crippen molar-refractivity contribution in [2.24, 2.45) is 11.8 Å². The molecule has 1 heterocycles. The predicted octanol–water partition coefficient (Wildman–Crippen LogP) is 3.29. The number of rotatable bonds is 2. The third kappa shape index (κ3) is 1.28. The summed E-state index contributed by atoms with van der Waals surface area (Å²) in [6, 6.07) is 10.6. The normalized spacial score (nSPS) is 27.6. The molecule has 0 amide bonds. The molecular formula is C15H16O. The van der Waals surface area contributed by atoms with Gasteiger partial charge in [0, 0.05) is 11.8 Å². The van der Waals surface area contributed by atoms with Gasteiger partial charge in [-0.1, -0.05) is 42.5 Å². The number of fused-ring (bicyclic) bond motifs is 1. The van der Waals surface area contributed by atoms with Crippen LogP contribution in [0.5, 0.6) is 0 Å². The molecule has 0 saturated carbocycles. The summed E-state index contributed by atoms with van der Waals surface area (Å²) in [6.07, 6.45) is 0. The molecule has 3 rings (SSSR count). The molecule has 1 aliphatic heterocycles. The topological polar surface area (TPSA) is 9.23 Å². The van der Waals surface area contributed by atoms with Gasteiger partial charge in [0.05, 0.1) is 13.2 Å². The highest BCUT2D eigenvalue weighted by Gasteiger charge is 2.44. The van der Waals surface area contributed by atoms with Crippen molar-refractivity contribution in [3.63, 3.8) is 0 Å². The maximum Gasteiger partial charge on any atom is 0.0542 e. The maximum atomic E-state index is 5.58. The van der Waals surface area contributed by atoms with Crippen molar-refractivity contribution in [3.8, 4) is 0 Å². The van der Waals surface area contributed by atoms with Crippen LogP contribution >= 0.6 is 0 Å². The Labute approximate surface area is 96.4 Å². The number of benzene rings is 1. The summed E-state index contributed by atoms with van der Waals surface area (Å²) in [5.74, 6) is 1.21. The monoisotopic (exact) mass is 212 g/mol. The molecule has 0 aromatic heterocycles. The van der Waals surface area contributed by atoms with Crippen molar-refractivity contribution in [3.05, 3.63) is 53.6 Å². The van der Waals surface area contributed by atoms with E-state index in [1.807, 2.05) is 0 Å². The molecule has 16 heavy (non-hydrogen) atoms. The van der Waals surface area contributed by atoms with E-state index in [1.54, 1.807) is 0 Å². The average Bonchev–Trinajstić information content (AvgIpc) is 2.63. The van der Waals surface area contributed by atoms with E-state index in [-0.39, 0.29) is 0 Å². The third-order valence-electron chi connectivity index (χ3n) is 3.66. The van der Waals surface area contributed by atoms with Crippen LogP contribution in [-0.2, 0) is 4.74 Å². The minimum atomic E-state index is 0.604. The van der Waals surface area contributed by atoms with Crippen molar-refractivity contribution in [2.45, 2.75) is 6.92 Å². The SMILES string of the molecule is C=C(C)C1=C(c2ccccc2)C2COCC12. The van der Waals surface area contributed by atoms with Gasteiger partial charge in [-0.3, -0.25) is 0 Å². The zero-order valence-electron chi connectivity index (χ0n) is 9.57. The standard InChI is InChI=1S/C15H16O/c1-10(2)14-12-8-16-9-13(12)15(14)11-6-4-3-5-7-11/h3-7,12-13H,1,8-9H2,2H3. The summed E-state index contributed by atoms with van der Waals surface area (Å²) in [6.45, 7) is 7.96. The zero-order chi connectivity index (χ0) is 11.1. The Morgan fingerprint density at radius 3 is 2.56 bits per heavy atom. The van der Waals surface area contributed by atoms with Crippen molar-refractivity contribution in [2.75, 3.05) is 13.2 Å². The molecule has 1 heteroatoms. The molecule has 0 bridgehead atoms. The van der Waals surface area contributed by atoms with E-state index in [0.717, 1.165) is 13.2 Å². The minimum absolute atomic E-state index is 0.604. The van der Waals surface area contributed by atoms with Gasteiger partial charge in [0.1, 0.15) is 0 Å². The van der Waals surface area contributed by atoms with E-state index >= 15 is 0 Å². The average molecular weight is 212 g/mol. The van der Waals surface area contributed by atoms with Crippen LogP contribution in [-0.4, -0.2) is 13.2 Å². The molecule has 1 aromatic rings. The van der Waals surface area contributed by atoms with E-state index in [1.165, 1.54) is 22.3 Å². The van der Waals surface area contributed by atoms with Gasteiger partial charge in [0.2, 0.25) is 0 Å². The number of hydrogen-bond donors (Lipinski definition) is 0. The van der Waals surface area contributed by atoms with Gasteiger partial charge in [-0.15, -0.1) is 0 Å². The van der Waals surface area contributed by atoms with Gasteiger partial charge in [0.15, 0.2) is 0 Å². The fourth-order valence-corrected chi connectivity index (χ4v) is 2.96. The predicted molar refractivity (Wildman–Crippen MR) is 66.0 cm³/mol. The highest BCUT2D eigenvalue weighted by Crippen LogP contribution is 2.52. The fourth-order valence-electron chi connectivity index (χ4n) is 2.96. The van der Waals surface area contributed by atoms with Crippen LogP contribution in [0.25, 0.3) is 5.57 Å². The summed E-state index contributed by atoms with van der Waals surface area (Å²) in [7, 11) is 0. The number of ether oxygens (including phenoxy) is 1. The van der Waals surface area contributed by atoms with Crippen LogP contribution in [0.1, 0.15) is 12.5 Å². The van der Waals surface area contributed by atoms with Crippen molar-refractivity contribution >= 4 is 5.57 Å². The lowest BCUT2D eigenvalue weighted by atomic mass is 9.65. The van der Waals surface area contributed by atoms with Crippen LogP contribution in [0.15, 0.2) is 48.1 Å². The summed E-state index contributed by atoms with van der Waals surface area (Å²) in [5.41, 5.74) is 5.45. The highest BCUT2D eigenvalue weighted by molar-refractivity contribution is 5.81. The summed E-state index contributed by atoms with van der Waals surface area (Å²) in [4.78, 5) is 0. The summed E-state index contributed by atoms with van der Waals surface area (Å²) in [5, 5.41) is 0. The Morgan fingerprint density at radius 1 is 1.19 bits per heavy atom. The second-order valence-corrected chi connectivity index (χ2v) is 4.72. The third-order valence-corrected chi connectivity index (χ3v) is 3.66. The van der Waals surface area contributed by atoms with Crippen molar-refractivity contribution in [1.82, 2.24) is 0 Å². The molecule has 2 aliphatic rings. The second kappa shape index (κ2) is 3.60. The lowest BCUT2D eigenvalue weighted by Crippen LogP contribution is -2.29. The first-order valence-corrected chi connectivity index (χ1v) is 5.82. The number of hydrogen-bond acceptors (Lipinski definition) is 1. The van der Waals surface area contributed by atoms with E-state index < -0.39 is 0 Å². The van der Waals surface area contributed by atoms with Gasteiger partial charge in [-0.25, -0.2) is 0 Å². The molecule has 1 aromatic carbocycles. The Kier molecular flexibility index (Phi) is 2.22. The lowest BCUT2D eigenvalue weighted by molar-refractivity contribution is 0.189. The van der Waals surface area contributed by atoms with Gasteiger partial charge in [0.25, 0.3) is 0 Å². The Morgan fingerprint density at radius 2 is 1.88 bits per heavy atom. The summed E-state index contributed by atoms with van der Waals surface area (Å²) < 4.78 is 5.58. The van der Waals surface area contributed by atoms with Gasteiger partial charge in [-0.05, 0) is 23.6 Å². The van der Waals surface area contributed by atoms with Crippen LogP contribution in [0.4, 0.5) is 0 Å². The quantitative estimate of drug-likeness (QED) is 0.731. The van der Waals surface area contributed by atoms with E-state index in [4.69, 9.17) is 4.74 Å². The van der Waals surface area contributed by atoms with Crippen LogP contribution in [0.3, 0.4) is 0 Å². The Hall–Kier alpha value is -1.34. The minimum Gasteiger partial charge on any atom is -0.380 e. The number of allylic oxidation sites excluding steroid dienone is 1. The molecule has 82 valence electrons. The molecule has 1 nitrogen and oxygen atoms in total. The first-order chi connectivity index (χ1) is 7.79. The van der Waals surface area contributed by atoms with E-state index in [2.05, 4.69) is 43.8 Å². The fraction of sp³-hybridized carbons (Fsp3) is 0.333. The maximum absolute atomic E-state index is 5.58.